The largest absolute Gasteiger partial charge is 0.494 e. The van der Waals surface area contributed by atoms with Crippen LogP contribution in [0.3, 0.4) is 0 Å². The van der Waals surface area contributed by atoms with Gasteiger partial charge in [-0.3, -0.25) is 14.6 Å². The summed E-state index contributed by atoms with van der Waals surface area (Å²) < 4.78 is 46.9. The van der Waals surface area contributed by atoms with Crippen LogP contribution in [0.5, 0.6) is 5.75 Å². The van der Waals surface area contributed by atoms with Gasteiger partial charge in [-0.15, -0.1) is 0 Å². The summed E-state index contributed by atoms with van der Waals surface area (Å²) in [5.41, 5.74) is 0.856. The van der Waals surface area contributed by atoms with E-state index in [0.29, 0.717) is 23.6 Å². The first-order chi connectivity index (χ1) is 16.3. The third-order valence-corrected chi connectivity index (χ3v) is 7.23. The number of sulfonamides is 1. The molecule has 0 radical (unpaired) electrons. The lowest BCUT2D eigenvalue weighted by atomic mass is 10.2. The molecule has 0 saturated carbocycles. The van der Waals surface area contributed by atoms with E-state index in [1.807, 2.05) is 6.92 Å². The van der Waals surface area contributed by atoms with Gasteiger partial charge in [0, 0.05) is 18.9 Å². The lowest BCUT2D eigenvalue weighted by Gasteiger charge is -2.27. The lowest BCUT2D eigenvalue weighted by Crippen LogP contribution is -2.45. The summed E-state index contributed by atoms with van der Waals surface area (Å²) in [6.07, 6.45) is 2.70. The summed E-state index contributed by atoms with van der Waals surface area (Å²) in [7, 11) is -4.26. The summed E-state index contributed by atoms with van der Waals surface area (Å²) in [4.78, 5) is 31.1. The molecule has 1 atom stereocenters. The highest BCUT2D eigenvalue weighted by Gasteiger charge is 2.47. The zero-order valence-corrected chi connectivity index (χ0v) is 19.1. The molecule has 176 valence electrons. The number of aromatic nitrogens is 1. The maximum atomic E-state index is 13.5. The van der Waals surface area contributed by atoms with Crippen LogP contribution in [-0.2, 0) is 26.2 Å². The predicted molar refractivity (Wildman–Crippen MR) is 122 cm³/mol. The molecule has 0 aliphatic carbocycles. The van der Waals surface area contributed by atoms with Gasteiger partial charge in [0.2, 0.25) is 15.9 Å². The first kappa shape index (κ1) is 23.5. The molecule has 8 nitrogen and oxygen atoms in total. The highest BCUT2D eigenvalue weighted by atomic mass is 32.2. The molecular formula is C24H22FN3O5S. The molecule has 1 unspecified atom stereocenters. The van der Waals surface area contributed by atoms with Gasteiger partial charge in [0.25, 0.3) is 5.91 Å². The van der Waals surface area contributed by atoms with Crippen molar-refractivity contribution in [2.45, 2.75) is 30.8 Å². The van der Waals surface area contributed by atoms with Gasteiger partial charge in [-0.25, -0.2) is 17.7 Å². The molecule has 34 heavy (non-hydrogen) atoms. The Labute approximate surface area is 196 Å². The molecule has 2 amide bonds. The number of halogens is 1. The molecule has 0 N–H and O–H groups in total. The summed E-state index contributed by atoms with van der Waals surface area (Å²) in [5, 5.41) is 0. The number of carbonyl (C=O) groups is 2. The first-order valence-electron chi connectivity index (χ1n) is 10.6. The number of benzene rings is 2. The van der Waals surface area contributed by atoms with Gasteiger partial charge < -0.3 is 4.74 Å². The average Bonchev–Trinajstić information content (AvgIpc) is 3.12. The molecule has 2 aromatic carbocycles. The van der Waals surface area contributed by atoms with E-state index >= 15 is 0 Å². The molecule has 1 aliphatic heterocycles. The molecule has 2 heterocycles. The number of carbonyl (C=O) groups excluding carboxylic acids is 2. The monoisotopic (exact) mass is 483 g/mol. The minimum Gasteiger partial charge on any atom is -0.494 e. The van der Waals surface area contributed by atoms with Crippen LogP contribution in [-0.4, -0.2) is 42.2 Å². The van der Waals surface area contributed by atoms with E-state index < -0.39 is 33.7 Å². The van der Waals surface area contributed by atoms with Gasteiger partial charge in [-0.2, -0.15) is 4.31 Å². The van der Waals surface area contributed by atoms with Crippen molar-refractivity contribution in [2.75, 3.05) is 11.5 Å². The highest BCUT2D eigenvalue weighted by Crippen LogP contribution is 2.31. The minimum absolute atomic E-state index is 0.183. The number of nitrogens with zero attached hydrogens (tertiary/aromatic N) is 3. The van der Waals surface area contributed by atoms with Crippen molar-refractivity contribution < 1.29 is 27.1 Å². The van der Waals surface area contributed by atoms with E-state index in [1.165, 1.54) is 6.20 Å². The van der Waals surface area contributed by atoms with Crippen LogP contribution in [0.15, 0.2) is 78.0 Å². The van der Waals surface area contributed by atoms with Gasteiger partial charge in [0.15, 0.2) is 0 Å². The van der Waals surface area contributed by atoms with E-state index in [2.05, 4.69) is 4.98 Å². The van der Waals surface area contributed by atoms with Crippen LogP contribution in [0, 0.1) is 5.82 Å². The Hall–Kier alpha value is -3.63. The molecule has 0 spiro atoms. The highest BCUT2D eigenvalue weighted by molar-refractivity contribution is 7.89. The maximum Gasteiger partial charge on any atom is 0.252 e. The SMILES string of the molecule is CCOc1ccc(N2C(=O)CC(N(Cc3cccnc3)S(=O)(=O)c3ccc(F)cc3)C2=O)cc1. The number of rotatable bonds is 8. The normalized spacial score (nSPS) is 16.3. The summed E-state index contributed by atoms with van der Waals surface area (Å²) in [6.45, 7) is 2.12. The van der Waals surface area contributed by atoms with Gasteiger partial charge >= 0.3 is 0 Å². The number of pyridine rings is 1. The molecule has 1 saturated heterocycles. The smallest absolute Gasteiger partial charge is 0.252 e. The average molecular weight is 484 g/mol. The first-order valence-corrected chi connectivity index (χ1v) is 12.0. The summed E-state index contributed by atoms with van der Waals surface area (Å²) in [5.74, 6) is -1.20. The molecule has 1 aliphatic rings. The van der Waals surface area contributed by atoms with Gasteiger partial charge in [0.1, 0.15) is 17.6 Å². The fourth-order valence-electron chi connectivity index (χ4n) is 3.75. The van der Waals surface area contributed by atoms with E-state index in [-0.39, 0.29) is 17.9 Å². The zero-order chi connectivity index (χ0) is 24.3. The third kappa shape index (κ3) is 4.68. The van der Waals surface area contributed by atoms with E-state index in [9.17, 15) is 22.4 Å². The fourth-order valence-corrected chi connectivity index (χ4v) is 5.32. The van der Waals surface area contributed by atoms with Crippen molar-refractivity contribution in [3.63, 3.8) is 0 Å². The molecule has 1 fully saturated rings. The molecule has 1 aromatic heterocycles. The van der Waals surface area contributed by atoms with Crippen LogP contribution >= 0.6 is 0 Å². The van der Waals surface area contributed by atoms with E-state index in [4.69, 9.17) is 4.74 Å². The molecule has 0 bridgehead atoms. The lowest BCUT2D eigenvalue weighted by molar-refractivity contribution is -0.122. The molecular weight excluding hydrogens is 461 g/mol. The minimum atomic E-state index is -4.26. The second kappa shape index (κ2) is 9.70. The summed E-state index contributed by atoms with van der Waals surface area (Å²) >= 11 is 0. The number of anilines is 1. The van der Waals surface area contributed by atoms with Crippen molar-refractivity contribution >= 4 is 27.5 Å². The Morgan fingerprint density at radius 3 is 2.41 bits per heavy atom. The number of hydrogen-bond donors (Lipinski definition) is 0. The fraction of sp³-hybridized carbons (Fsp3) is 0.208. The second-order valence-corrected chi connectivity index (χ2v) is 9.47. The topological polar surface area (TPSA) is 96.9 Å². The maximum absolute atomic E-state index is 13.5. The van der Waals surface area contributed by atoms with Crippen molar-refractivity contribution in [3.8, 4) is 5.75 Å². The summed E-state index contributed by atoms with van der Waals surface area (Å²) in [6, 6.07) is 12.8. The number of hydrogen-bond acceptors (Lipinski definition) is 6. The van der Waals surface area contributed by atoms with Crippen LogP contribution in [0.4, 0.5) is 10.1 Å². The van der Waals surface area contributed by atoms with Gasteiger partial charge in [-0.05, 0) is 67.1 Å². The Bertz CT molecular complexity index is 1280. The van der Waals surface area contributed by atoms with Crippen LogP contribution in [0.25, 0.3) is 0 Å². The molecule has 4 rings (SSSR count). The number of imide groups is 1. The van der Waals surface area contributed by atoms with Crippen molar-refractivity contribution in [1.82, 2.24) is 9.29 Å². The number of amides is 2. The zero-order valence-electron chi connectivity index (χ0n) is 18.3. The molecule has 10 heteroatoms. The molecule has 3 aromatic rings. The predicted octanol–water partition coefficient (Wildman–Crippen LogP) is 3.14. The van der Waals surface area contributed by atoms with Crippen LogP contribution in [0.1, 0.15) is 18.9 Å². The quantitative estimate of drug-likeness (QED) is 0.457. The van der Waals surface area contributed by atoms with Crippen LogP contribution < -0.4 is 9.64 Å². The standard InChI is InChI=1S/C24H22FN3O5S/c1-2-33-20-9-7-19(8-10-20)28-23(29)14-22(24(28)30)27(16-17-4-3-13-26-15-17)34(31,32)21-11-5-18(25)6-12-21/h3-13,15,22H,2,14,16H2,1H3. The second-order valence-electron chi connectivity index (χ2n) is 7.58. The van der Waals surface area contributed by atoms with Gasteiger partial charge in [-0.1, -0.05) is 6.07 Å². The van der Waals surface area contributed by atoms with E-state index in [1.54, 1.807) is 42.6 Å². The Morgan fingerprint density at radius 1 is 1.09 bits per heavy atom. The van der Waals surface area contributed by atoms with Crippen molar-refractivity contribution in [3.05, 3.63) is 84.4 Å². The number of ether oxygens (including phenoxy) is 1. The van der Waals surface area contributed by atoms with E-state index in [0.717, 1.165) is 33.5 Å². The third-order valence-electron chi connectivity index (χ3n) is 5.36. The Balaban J connectivity index is 1.70. The Kier molecular flexibility index (Phi) is 6.71. The van der Waals surface area contributed by atoms with Crippen molar-refractivity contribution in [2.24, 2.45) is 0 Å². The Morgan fingerprint density at radius 2 is 1.79 bits per heavy atom. The van der Waals surface area contributed by atoms with Crippen LogP contribution in [0.2, 0.25) is 0 Å². The van der Waals surface area contributed by atoms with Gasteiger partial charge in [0.05, 0.1) is 23.6 Å². The van der Waals surface area contributed by atoms with Crippen molar-refractivity contribution in [1.29, 1.82) is 0 Å².